The van der Waals surface area contributed by atoms with Gasteiger partial charge in [-0.15, -0.1) is 0 Å². The molecule has 0 fully saturated rings. The molecule has 2 amide bonds. The van der Waals surface area contributed by atoms with Gasteiger partial charge in [-0.2, -0.15) is 5.10 Å². The van der Waals surface area contributed by atoms with Gasteiger partial charge in [0.2, 0.25) is 5.91 Å². The summed E-state index contributed by atoms with van der Waals surface area (Å²) in [6.07, 6.45) is 1.35. The van der Waals surface area contributed by atoms with Crippen LogP contribution >= 0.6 is 0 Å². The fourth-order valence-corrected chi connectivity index (χ4v) is 1.39. The molecule has 0 aliphatic carbocycles. The number of amides is 2. The van der Waals surface area contributed by atoms with E-state index in [1.54, 1.807) is 12.1 Å². The maximum Gasteiger partial charge on any atom is 0.275 e. The minimum atomic E-state index is -0.523. The van der Waals surface area contributed by atoms with Crippen molar-refractivity contribution in [1.82, 2.24) is 10.2 Å². The summed E-state index contributed by atoms with van der Waals surface area (Å²) in [5.41, 5.74) is 12.0. The molecule has 1 heterocycles. The molecule has 1 aromatic heterocycles. The van der Waals surface area contributed by atoms with Crippen molar-refractivity contribution >= 4 is 23.2 Å². The van der Waals surface area contributed by atoms with E-state index in [1.807, 2.05) is 0 Å². The first-order valence-electron chi connectivity index (χ1n) is 5.08. The Morgan fingerprint density at radius 3 is 2.39 bits per heavy atom. The van der Waals surface area contributed by atoms with Crippen LogP contribution in [0.5, 0.6) is 0 Å². The summed E-state index contributed by atoms with van der Waals surface area (Å²) in [7, 11) is 0. The molecule has 0 saturated carbocycles. The zero-order valence-electron chi connectivity index (χ0n) is 9.31. The molecule has 0 radical (unpaired) electrons. The fourth-order valence-electron chi connectivity index (χ4n) is 1.39. The number of anilines is 2. The molecule has 2 aromatic rings. The van der Waals surface area contributed by atoms with Crippen LogP contribution in [0.25, 0.3) is 0 Å². The summed E-state index contributed by atoms with van der Waals surface area (Å²) in [6.45, 7) is 0. The van der Waals surface area contributed by atoms with Gasteiger partial charge in [-0.3, -0.25) is 14.7 Å². The molecule has 6 N–H and O–H groups in total. The molecule has 2 rings (SSSR count). The maximum atomic E-state index is 11.8. The van der Waals surface area contributed by atoms with Crippen LogP contribution in [-0.4, -0.2) is 22.0 Å². The zero-order valence-corrected chi connectivity index (χ0v) is 9.31. The van der Waals surface area contributed by atoms with Gasteiger partial charge >= 0.3 is 0 Å². The number of benzene rings is 1. The Bertz CT molecular complexity index is 588. The van der Waals surface area contributed by atoms with Crippen LogP contribution < -0.4 is 16.8 Å². The van der Waals surface area contributed by atoms with E-state index >= 15 is 0 Å². The number of rotatable bonds is 3. The number of nitrogens with one attached hydrogen (secondary N) is 2. The van der Waals surface area contributed by atoms with Gasteiger partial charge in [-0.1, -0.05) is 0 Å². The van der Waals surface area contributed by atoms with Gasteiger partial charge in [-0.05, 0) is 24.3 Å². The number of carbonyl (C=O) groups is 2. The Morgan fingerprint density at radius 2 is 1.89 bits per heavy atom. The van der Waals surface area contributed by atoms with E-state index in [-0.39, 0.29) is 11.4 Å². The lowest BCUT2D eigenvalue weighted by molar-refractivity contribution is 0.0998. The van der Waals surface area contributed by atoms with Crippen molar-refractivity contribution < 1.29 is 9.59 Å². The Balaban J connectivity index is 2.13. The Labute approximate surface area is 102 Å². The summed E-state index contributed by atoms with van der Waals surface area (Å²) in [5.74, 6) is -0.928. The van der Waals surface area contributed by atoms with E-state index < -0.39 is 11.8 Å². The third-order valence-corrected chi connectivity index (χ3v) is 2.32. The van der Waals surface area contributed by atoms with Gasteiger partial charge in [0.15, 0.2) is 0 Å². The molecule has 18 heavy (non-hydrogen) atoms. The van der Waals surface area contributed by atoms with Crippen LogP contribution in [0.1, 0.15) is 20.8 Å². The van der Waals surface area contributed by atoms with E-state index in [1.165, 1.54) is 18.3 Å². The maximum absolute atomic E-state index is 11.8. The standard InChI is InChI=1S/C11H11N5O2/c12-8-5-14-16-9(8)11(18)15-7-3-1-6(2-4-7)10(13)17/h1-5H,12H2,(H2,13,17)(H,14,16)(H,15,18). The predicted molar refractivity (Wildman–Crippen MR) is 65.9 cm³/mol. The highest BCUT2D eigenvalue weighted by Gasteiger charge is 2.11. The number of nitrogen functional groups attached to an aromatic ring is 1. The Morgan fingerprint density at radius 1 is 1.22 bits per heavy atom. The average Bonchev–Trinajstić information content (AvgIpc) is 2.76. The topological polar surface area (TPSA) is 127 Å². The molecule has 0 aliphatic heterocycles. The molecule has 92 valence electrons. The number of nitrogens with two attached hydrogens (primary N) is 2. The van der Waals surface area contributed by atoms with Crippen LogP contribution in [-0.2, 0) is 0 Å². The minimum absolute atomic E-state index is 0.189. The molecule has 0 bridgehead atoms. The minimum Gasteiger partial charge on any atom is -0.396 e. The number of hydrogen-bond acceptors (Lipinski definition) is 4. The second-order valence-corrected chi connectivity index (χ2v) is 3.60. The SMILES string of the molecule is NC(=O)c1ccc(NC(=O)c2[nH]ncc2N)cc1. The van der Waals surface area contributed by atoms with Crippen LogP contribution in [0, 0.1) is 0 Å². The van der Waals surface area contributed by atoms with E-state index in [9.17, 15) is 9.59 Å². The molecule has 0 atom stereocenters. The quantitative estimate of drug-likeness (QED) is 0.621. The number of nitrogens with zero attached hydrogens (tertiary/aromatic N) is 1. The second kappa shape index (κ2) is 4.58. The molecule has 1 aromatic carbocycles. The predicted octanol–water partition coefficient (Wildman–Crippen LogP) is 0.343. The van der Waals surface area contributed by atoms with Crippen LogP contribution in [0.3, 0.4) is 0 Å². The summed E-state index contributed by atoms with van der Waals surface area (Å²) in [5, 5.41) is 8.75. The number of aromatic amines is 1. The first kappa shape index (κ1) is 11.6. The molecule has 0 aliphatic rings. The fraction of sp³-hybridized carbons (Fsp3) is 0. The van der Waals surface area contributed by atoms with Gasteiger partial charge in [0.25, 0.3) is 5.91 Å². The molecular weight excluding hydrogens is 234 g/mol. The second-order valence-electron chi connectivity index (χ2n) is 3.60. The number of carbonyl (C=O) groups excluding carboxylic acids is 2. The van der Waals surface area contributed by atoms with Crippen molar-refractivity contribution in [1.29, 1.82) is 0 Å². The number of hydrogen-bond donors (Lipinski definition) is 4. The lowest BCUT2D eigenvalue weighted by Gasteiger charge is -2.04. The Hall–Kier alpha value is -2.83. The third kappa shape index (κ3) is 2.29. The van der Waals surface area contributed by atoms with Crippen LogP contribution in [0.2, 0.25) is 0 Å². The van der Waals surface area contributed by atoms with Crippen molar-refractivity contribution in [3.63, 3.8) is 0 Å². The van der Waals surface area contributed by atoms with E-state index in [0.717, 1.165) is 0 Å². The van der Waals surface area contributed by atoms with E-state index in [2.05, 4.69) is 15.5 Å². The van der Waals surface area contributed by atoms with Crippen molar-refractivity contribution in [3.05, 3.63) is 41.7 Å². The van der Waals surface area contributed by atoms with Crippen molar-refractivity contribution in [2.75, 3.05) is 11.1 Å². The normalized spacial score (nSPS) is 10.0. The van der Waals surface area contributed by atoms with Crippen LogP contribution in [0.4, 0.5) is 11.4 Å². The third-order valence-electron chi connectivity index (χ3n) is 2.32. The first-order chi connectivity index (χ1) is 8.58. The number of aromatic nitrogens is 2. The first-order valence-corrected chi connectivity index (χ1v) is 5.08. The van der Waals surface area contributed by atoms with Crippen LogP contribution in [0.15, 0.2) is 30.5 Å². The molecule has 7 heteroatoms. The summed E-state index contributed by atoms with van der Waals surface area (Å²) >= 11 is 0. The van der Waals surface area contributed by atoms with E-state index in [4.69, 9.17) is 11.5 Å². The summed E-state index contributed by atoms with van der Waals surface area (Å²) in [6, 6.07) is 6.19. The summed E-state index contributed by atoms with van der Waals surface area (Å²) < 4.78 is 0. The van der Waals surface area contributed by atoms with Crippen molar-refractivity contribution in [2.24, 2.45) is 5.73 Å². The molecular formula is C11H11N5O2. The smallest absolute Gasteiger partial charge is 0.275 e. The van der Waals surface area contributed by atoms with Gasteiger partial charge in [0.1, 0.15) is 5.69 Å². The highest BCUT2D eigenvalue weighted by molar-refractivity contribution is 6.06. The van der Waals surface area contributed by atoms with Gasteiger partial charge in [0.05, 0.1) is 11.9 Å². The lowest BCUT2D eigenvalue weighted by atomic mass is 10.2. The van der Waals surface area contributed by atoms with Gasteiger partial charge < -0.3 is 16.8 Å². The zero-order chi connectivity index (χ0) is 13.1. The highest BCUT2D eigenvalue weighted by Crippen LogP contribution is 2.12. The molecule has 0 unspecified atom stereocenters. The Kier molecular flexibility index (Phi) is 2.96. The summed E-state index contributed by atoms with van der Waals surface area (Å²) in [4.78, 5) is 22.6. The van der Waals surface area contributed by atoms with Crippen molar-refractivity contribution in [3.8, 4) is 0 Å². The molecule has 7 nitrogen and oxygen atoms in total. The highest BCUT2D eigenvalue weighted by atomic mass is 16.2. The van der Waals surface area contributed by atoms with E-state index in [0.29, 0.717) is 11.3 Å². The van der Waals surface area contributed by atoms with Crippen molar-refractivity contribution in [2.45, 2.75) is 0 Å². The largest absolute Gasteiger partial charge is 0.396 e. The van der Waals surface area contributed by atoms with Gasteiger partial charge in [-0.25, -0.2) is 0 Å². The molecule has 0 spiro atoms. The monoisotopic (exact) mass is 245 g/mol. The number of H-pyrrole nitrogens is 1. The average molecular weight is 245 g/mol. The molecule has 0 saturated heterocycles. The van der Waals surface area contributed by atoms with Gasteiger partial charge in [0, 0.05) is 11.3 Å². The lowest BCUT2D eigenvalue weighted by Crippen LogP contribution is -2.15. The number of primary amides is 1.